The molecule has 23 heavy (non-hydrogen) atoms. The summed E-state index contributed by atoms with van der Waals surface area (Å²) in [7, 11) is 1.68. The molecule has 1 aliphatic rings. The molecule has 0 bridgehead atoms. The van der Waals surface area contributed by atoms with Gasteiger partial charge in [0.25, 0.3) is 0 Å². The number of benzene rings is 2. The molecule has 1 amide bonds. The number of thioether (sulfide) groups is 1. The van der Waals surface area contributed by atoms with Crippen molar-refractivity contribution in [2.75, 3.05) is 13.7 Å². The van der Waals surface area contributed by atoms with Crippen LogP contribution in [-0.4, -0.2) is 24.8 Å². The topological polar surface area (TPSA) is 38.3 Å². The Morgan fingerprint density at radius 3 is 2.91 bits per heavy atom. The van der Waals surface area contributed by atoms with Crippen molar-refractivity contribution in [2.45, 2.75) is 29.9 Å². The van der Waals surface area contributed by atoms with Gasteiger partial charge in [-0.3, -0.25) is 4.79 Å². The summed E-state index contributed by atoms with van der Waals surface area (Å²) in [6.07, 6.45) is 1.60. The van der Waals surface area contributed by atoms with E-state index >= 15 is 0 Å². The molecule has 1 heterocycles. The molecule has 3 rings (SSSR count). The molecule has 1 aliphatic heterocycles. The molecular weight excluding hydrogens is 306 g/mol. The fourth-order valence-electron chi connectivity index (χ4n) is 2.87. The lowest BCUT2D eigenvalue weighted by atomic mass is 10.1. The first-order chi connectivity index (χ1) is 11.2. The van der Waals surface area contributed by atoms with Crippen LogP contribution >= 0.6 is 11.8 Å². The maximum Gasteiger partial charge on any atom is 0.233 e. The number of rotatable bonds is 5. The zero-order valence-corrected chi connectivity index (χ0v) is 14.3. The standard InChI is InChI=1S/C19H21NO2S/c1-13-7-8-16(22-2)14(11-13)9-10-20-19(21)18-12-15-5-3-4-6-17(15)23-18/h3-8,11,18H,9-10,12H2,1-2H3,(H,20,21). The van der Waals surface area contributed by atoms with Crippen molar-refractivity contribution in [3.63, 3.8) is 0 Å². The van der Waals surface area contributed by atoms with Gasteiger partial charge in [-0.2, -0.15) is 0 Å². The van der Waals surface area contributed by atoms with Crippen LogP contribution in [0.3, 0.4) is 0 Å². The summed E-state index contributed by atoms with van der Waals surface area (Å²) in [6, 6.07) is 14.4. The van der Waals surface area contributed by atoms with Gasteiger partial charge >= 0.3 is 0 Å². The predicted molar refractivity (Wildman–Crippen MR) is 94.2 cm³/mol. The van der Waals surface area contributed by atoms with Crippen molar-refractivity contribution in [1.82, 2.24) is 5.32 Å². The second kappa shape index (κ2) is 7.09. The molecule has 0 saturated carbocycles. The summed E-state index contributed by atoms with van der Waals surface area (Å²) in [4.78, 5) is 13.6. The van der Waals surface area contributed by atoms with E-state index in [-0.39, 0.29) is 11.2 Å². The second-order valence-electron chi connectivity index (χ2n) is 5.77. The Morgan fingerprint density at radius 2 is 2.13 bits per heavy atom. The van der Waals surface area contributed by atoms with E-state index < -0.39 is 0 Å². The van der Waals surface area contributed by atoms with Gasteiger partial charge in [-0.1, -0.05) is 35.9 Å². The maximum atomic E-state index is 12.4. The van der Waals surface area contributed by atoms with E-state index in [1.54, 1.807) is 18.9 Å². The highest BCUT2D eigenvalue weighted by atomic mass is 32.2. The number of nitrogens with one attached hydrogen (secondary N) is 1. The fraction of sp³-hybridized carbons (Fsp3) is 0.316. The van der Waals surface area contributed by atoms with Gasteiger partial charge in [0.1, 0.15) is 5.75 Å². The molecule has 0 fully saturated rings. The smallest absolute Gasteiger partial charge is 0.233 e. The van der Waals surface area contributed by atoms with Gasteiger partial charge in [0.2, 0.25) is 5.91 Å². The minimum atomic E-state index is -0.00759. The van der Waals surface area contributed by atoms with Gasteiger partial charge in [-0.25, -0.2) is 0 Å². The van der Waals surface area contributed by atoms with E-state index in [0.29, 0.717) is 6.54 Å². The molecule has 120 valence electrons. The number of carbonyl (C=O) groups is 1. The Balaban J connectivity index is 1.54. The Bertz CT molecular complexity index is 689. The summed E-state index contributed by atoms with van der Waals surface area (Å²) in [6.45, 7) is 2.69. The number of hydrogen-bond donors (Lipinski definition) is 1. The van der Waals surface area contributed by atoms with Crippen LogP contribution in [0.5, 0.6) is 5.75 Å². The number of ether oxygens (including phenoxy) is 1. The highest BCUT2D eigenvalue weighted by Crippen LogP contribution is 2.36. The van der Waals surface area contributed by atoms with Gasteiger partial charge in [-0.05, 0) is 43.0 Å². The molecule has 0 aliphatic carbocycles. The van der Waals surface area contributed by atoms with Gasteiger partial charge in [0, 0.05) is 11.4 Å². The number of amides is 1. The molecule has 0 spiro atoms. The van der Waals surface area contributed by atoms with Crippen LogP contribution in [0.1, 0.15) is 16.7 Å². The van der Waals surface area contributed by atoms with Crippen molar-refractivity contribution in [3.05, 3.63) is 59.2 Å². The normalized spacial score (nSPS) is 16.0. The van der Waals surface area contributed by atoms with Gasteiger partial charge in [0.05, 0.1) is 12.4 Å². The molecule has 2 aromatic carbocycles. The first-order valence-electron chi connectivity index (χ1n) is 7.83. The largest absolute Gasteiger partial charge is 0.496 e. The van der Waals surface area contributed by atoms with E-state index in [0.717, 1.165) is 24.2 Å². The van der Waals surface area contributed by atoms with Crippen molar-refractivity contribution >= 4 is 17.7 Å². The lowest BCUT2D eigenvalue weighted by Crippen LogP contribution is -2.33. The van der Waals surface area contributed by atoms with E-state index in [2.05, 4.69) is 30.4 Å². The fourth-order valence-corrected chi connectivity index (χ4v) is 4.08. The van der Waals surface area contributed by atoms with Crippen molar-refractivity contribution in [3.8, 4) is 5.75 Å². The quantitative estimate of drug-likeness (QED) is 0.915. The van der Waals surface area contributed by atoms with Gasteiger partial charge in [-0.15, -0.1) is 11.8 Å². The van der Waals surface area contributed by atoms with Crippen LogP contribution in [0.4, 0.5) is 0 Å². The number of aryl methyl sites for hydroxylation is 1. The Hall–Kier alpha value is -1.94. The highest BCUT2D eigenvalue weighted by molar-refractivity contribution is 8.01. The number of carbonyl (C=O) groups excluding carboxylic acids is 1. The minimum absolute atomic E-state index is 0.00759. The lowest BCUT2D eigenvalue weighted by Gasteiger charge is -2.12. The third kappa shape index (κ3) is 3.70. The number of fused-ring (bicyclic) bond motifs is 1. The van der Waals surface area contributed by atoms with Gasteiger partial charge < -0.3 is 10.1 Å². The highest BCUT2D eigenvalue weighted by Gasteiger charge is 2.27. The molecule has 4 heteroatoms. The van der Waals surface area contributed by atoms with Crippen molar-refractivity contribution in [1.29, 1.82) is 0 Å². The van der Waals surface area contributed by atoms with Crippen LogP contribution in [0, 0.1) is 6.92 Å². The Labute approximate surface area is 141 Å². The second-order valence-corrected chi connectivity index (χ2v) is 7.02. The monoisotopic (exact) mass is 327 g/mol. The van der Waals surface area contributed by atoms with Crippen molar-refractivity contribution < 1.29 is 9.53 Å². The average molecular weight is 327 g/mol. The zero-order chi connectivity index (χ0) is 16.2. The van der Waals surface area contributed by atoms with E-state index in [1.165, 1.54) is 16.0 Å². The van der Waals surface area contributed by atoms with Crippen LogP contribution in [0.25, 0.3) is 0 Å². The average Bonchev–Trinajstić information content (AvgIpc) is 2.99. The predicted octanol–water partition coefficient (Wildman–Crippen LogP) is 3.38. The SMILES string of the molecule is COc1ccc(C)cc1CCNC(=O)C1Cc2ccccc2S1. The first-order valence-corrected chi connectivity index (χ1v) is 8.71. The van der Waals surface area contributed by atoms with E-state index in [9.17, 15) is 4.79 Å². The van der Waals surface area contributed by atoms with E-state index in [1.807, 2.05) is 24.3 Å². The minimum Gasteiger partial charge on any atom is -0.496 e. The van der Waals surface area contributed by atoms with E-state index in [4.69, 9.17) is 4.74 Å². The summed E-state index contributed by atoms with van der Waals surface area (Å²) in [5, 5.41) is 3.06. The van der Waals surface area contributed by atoms with Crippen LogP contribution in [0.15, 0.2) is 47.4 Å². The van der Waals surface area contributed by atoms with Crippen LogP contribution in [-0.2, 0) is 17.6 Å². The first kappa shape index (κ1) is 15.9. The molecule has 2 aromatic rings. The third-order valence-corrected chi connectivity index (χ3v) is 5.39. The summed E-state index contributed by atoms with van der Waals surface area (Å²) < 4.78 is 5.38. The molecule has 0 radical (unpaired) electrons. The third-order valence-electron chi connectivity index (χ3n) is 4.07. The molecule has 1 atom stereocenters. The number of methoxy groups -OCH3 is 1. The Kier molecular flexibility index (Phi) is 4.91. The maximum absolute atomic E-state index is 12.4. The molecule has 3 nitrogen and oxygen atoms in total. The zero-order valence-electron chi connectivity index (χ0n) is 13.5. The molecule has 0 saturated heterocycles. The summed E-state index contributed by atoms with van der Waals surface area (Å²) in [5.74, 6) is 1.00. The Morgan fingerprint density at radius 1 is 1.30 bits per heavy atom. The molecular formula is C19H21NO2S. The molecule has 1 N–H and O–H groups in total. The lowest BCUT2D eigenvalue weighted by molar-refractivity contribution is -0.120. The van der Waals surface area contributed by atoms with Crippen LogP contribution < -0.4 is 10.1 Å². The van der Waals surface area contributed by atoms with Crippen LogP contribution in [0.2, 0.25) is 0 Å². The van der Waals surface area contributed by atoms with Crippen molar-refractivity contribution in [2.24, 2.45) is 0 Å². The molecule has 1 unspecified atom stereocenters. The summed E-state index contributed by atoms with van der Waals surface area (Å²) in [5.41, 5.74) is 3.61. The van der Waals surface area contributed by atoms with Gasteiger partial charge in [0.15, 0.2) is 0 Å². The molecule has 0 aromatic heterocycles. The summed E-state index contributed by atoms with van der Waals surface area (Å²) >= 11 is 1.66. The number of hydrogen-bond acceptors (Lipinski definition) is 3.